The van der Waals surface area contributed by atoms with E-state index >= 15 is 0 Å². The minimum Gasteiger partial charge on any atom is -0.395 e. The Morgan fingerprint density at radius 3 is 2.81 bits per heavy atom. The molecule has 0 radical (unpaired) electrons. The average molecular weight is 571 g/mol. The maximum atomic E-state index is 13.6. The van der Waals surface area contributed by atoms with E-state index in [0.717, 1.165) is 24.9 Å². The molecule has 1 aromatic heterocycles. The van der Waals surface area contributed by atoms with E-state index in [1.807, 2.05) is 55.6 Å². The number of allylic oxidation sites excluding steroid dienone is 1. The van der Waals surface area contributed by atoms with Crippen LogP contribution in [0.1, 0.15) is 48.9 Å². The molecule has 2 aliphatic rings. The Balaban J connectivity index is 1.28. The zero-order chi connectivity index (χ0) is 29.7. The summed E-state index contributed by atoms with van der Waals surface area (Å²) < 4.78 is 1.72. The van der Waals surface area contributed by atoms with Crippen LogP contribution in [0.5, 0.6) is 0 Å². The number of hydrogen-bond acceptors (Lipinski definition) is 7. The molecule has 10 heteroatoms. The number of benzene rings is 2. The summed E-state index contributed by atoms with van der Waals surface area (Å²) in [6.45, 7) is 7.12. The van der Waals surface area contributed by atoms with Crippen molar-refractivity contribution in [1.29, 1.82) is 0 Å². The molecule has 1 unspecified atom stereocenters. The lowest BCUT2D eigenvalue weighted by molar-refractivity contribution is -0.139. The predicted molar refractivity (Wildman–Crippen MR) is 161 cm³/mol. The van der Waals surface area contributed by atoms with Gasteiger partial charge in [-0.25, -0.2) is 0 Å². The van der Waals surface area contributed by atoms with Crippen molar-refractivity contribution in [3.05, 3.63) is 96.4 Å². The smallest absolute Gasteiger partial charge is 0.264 e. The predicted octanol–water partition coefficient (Wildman–Crippen LogP) is 3.10. The van der Waals surface area contributed by atoms with Crippen LogP contribution in [-0.2, 0) is 21.7 Å². The lowest BCUT2D eigenvalue weighted by Crippen LogP contribution is -2.44. The van der Waals surface area contributed by atoms with E-state index in [1.165, 1.54) is 4.90 Å². The fourth-order valence-electron chi connectivity index (χ4n) is 5.76. The summed E-state index contributed by atoms with van der Waals surface area (Å²) in [4.78, 5) is 27.8. The summed E-state index contributed by atoms with van der Waals surface area (Å²) in [7, 11) is 0. The number of aliphatic hydroxyl groups excluding tert-OH is 1. The summed E-state index contributed by atoms with van der Waals surface area (Å²) in [5, 5.41) is 36.4. The number of fused-ring (bicyclic) bond motifs is 1. The molecule has 10 nitrogen and oxygen atoms in total. The number of aryl methyl sites for hydroxylation is 1. The van der Waals surface area contributed by atoms with Crippen molar-refractivity contribution >= 4 is 23.2 Å². The molecule has 5 rings (SSSR count). The number of carbonyl (C=O) groups is 2. The standard InChI is InChI=1S/C32H38N6O4/c1-3-17-38-29-15-14-24(34-30(40)27-13-9-16-33-27)19-26(29)32(42,31(38)41)22(2)10-7-8-18-37-20-28(35-36-37)25(21-39)23-11-5-4-6-12-23/h3-7,10-12,14-15,19-20,22,25,27,33,39,42H,1,8-9,13,16-18,21H2,2H3,(H,34,40)/b10-7+/t22-,25?,27+,32+/m0/s1. The number of rotatable bonds is 12. The number of carbonyl (C=O) groups excluding carboxylic acids is 2. The van der Waals surface area contributed by atoms with E-state index in [-0.39, 0.29) is 31.0 Å². The van der Waals surface area contributed by atoms with Gasteiger partial charge >= 0.3 is 0 Å². The summed E-state index contributed by atoms with van der Waals surface area (Å²) >= 11 is 0. The first-order valence-electron chi connectivity index (χ1n) is 14.4. The summed E-state index contributed by atoms with van der Waals surface area (Å²) in [5.74, 6) is -1.35. The molecular formula is C32H38N6O4. The SMILES string of the molecule is C=CCN1C(=O)[C@@](O)([C@@H](C)/C=C/CCn2cc(C(CO)c3ccccc3)nn2)c2cc(NC(=O)[C@H]3CCCN3)ccc21. The van der Waals surface area contributed by atoms with Gasteiger partial charge in [-0.3, -0.25) is 14.3 Å². The maximum Gasteiger partial charge on any atom is 0.264 e. The van der Waals surface area contributed by atoms with E-state index in [0.29, 0.717) is 35.6 Å². The Kier molecular flexibility index (Phi) is 8.96. The molecule has 4 N–H and O–H groups in total. The minimum absolute atomic E-state index is 0.0695. The molecule has 0 bridgehead atoms. The van der Waals surface area contributed by atoms with Gasteiger partial charge in [0, 0.05) is 36.5 Å². The Morgan fingerprint density at radius 2 is 2.10 bits per heavy atom. The Hall–Kier alpha value is -4.12. The van der Waals surface area contributed by atoms with Crippen molar-refractivity contribution in [2.45, 2.75) is 50.3 Å². The van der Waals surface area contributed by atoms with Crippen molar-refractivity contribution in [1.82, 2.24) is 20.3 Å². The molecule has 1 saturated heterocycles. The summed E-state index contributed by atoms with van der Waals surface area (Å²) in [5.41, 5.74) is 1.46. The molecule has 4 atom stereocenters. The molecule has 2 aliphatic heterocycles. The van der Waals surface area contributed by atoms with Crippen molar-refractivity contribution in [3.8, 4) is 0 Å². The molecule has 1 fully saturated rings. The second kappa shape index (κ2) is 12.8. The normalized spacial score (nSPS) is 21.5. The molecule has 2 amide bonds. The zero-order valence-corrected chi connectivity index (χ0v) is 23.8. The quantitative estimate of drug-likeness (QED) is 0.246. The molecule has 0 aliphatic carbocycles. The number of hydrogen-bond donors (Lipinski definition) is 4. The van der Waals surface area contributed by atoms with Gasteiger partial charge in [-0.1, -0.05) is 60.7 Å². The Bertz CT molecular complexity index is 1450. The molecular weight excluding hydrogens is 532 g/mol. The van der Waals surface area contributed by atoms with E-state index in [2.05, 4.69) is 27.5 Å². The Morgan fingerprint density at radius 1 is 1.29 bits per heavy atom. The second-order valence-electron chi connectivity index (χ2n) is 10.9. The minimum atomic E-state index is -1.80. The highest BCUT2D eigenvalue weighted by molar-refractivity contribution is 6.08. The number of amides is 2. The van der Waals surface area contributed by atoms with Crippen molar-refractivity contribution < 1.29 is 19.8 Å². The molecule has 0 saturated carbocycles. The highest BCUT2D eigenvalue weighted by Gasteiger charge is 2.52. The highest BCUT2D eigenvalue weighted by Crippen LogP contribution is 2.46. The summed E-state index contributed by atoms with van der Waals surface area (Å²) in [6.07, 6.45) is 9.54. The van der Waals surface area contributed by atoms with Crippen LogP contribution >= 0.6 is 0 Å². The molecule has 2 aromatic carbocycles. The lowest BCUT2D eigenvalue weighted by atomic mass is 9.82. The monoisotopic (exact) mass is 570 g/mol. The third-order valence-electron chi connectivity index (χ3n) is 8.13. The number of aliphatic hydroxyl groups is 2. The third-order valence-corrected chi connectivity index (χ3v) is 8.13. The Labute approximate surface area is 245 Å². The van der Waals surface area contributed by atoms with Crippen LogP contribution in [0.3, 0.4) is 0 Å². The summed E-state index contributed by atoms with van der Waals surface area (Å²) in [6, 6.07) is 14.7. The molecule has 220 valence electrons. The first-order chi connectivity index (χ1) is 20.4. The van der Waals surface area contributed by atoms with E-state index in [4.69, 9.17) is 0 Å². The first-order valence-corrected chi connectivity index (χ1v) is 14.4. The molecule has 3 aromatic rings. The van der Waals surface area contributed by atoms with Crippen LogP contribution in [0.2, 0.25) is 0 Å². The van der Waals surface area contributed by atoms with E-state index < -0.39 is 17.4 Å². The number of nitrogens with zero attached hydrogens (tertiary/aromatic N) is 4. The first kappa shape index (κ1) is 29.4. The number of aromatic nitrogens is 3. The van der Waals surface area contributed by atoms with E-state index in [1.54, 1.807) is 29.0 Å². The molecule has 0 spiro atoms. The van der Waals surface area contributed by atoms with Gasteiger partial charge in [-0.05, 0) is 49.6 Å². The van der Waals surface area contributed by atoms with Gasteiger partial charge < -0.3 is 25.7 Å². The van der Waals surface area contributed by atoms with Gasteiger partial charge in [0.05, 0.1) is 29.9 Å². The van der Waals surface area contributed by atoms with Gasteiger partial charge in [0.15, 0.2) is 5.60 Å². The van der Waals surface area contributed by atoms with Crippen molar-refractivity contribution in [3.63, 3.8) is 0 Å². The van der Waals surface area contributed by atoms with Crippen LogP contribution in [-0.4, -0.2) is 62.8 Å². The largest absolute Gasteiger partial charge is 0.395 e. The average Bonchev–Trinajstić information content (AvgIpc) is 3.75. The van der Waals surface area contributed by atoms with Crippen LogP contribution in [0.25, 0.3) is 0 Å². The van der Waals surface area contributed by atoms with E-state index in [9.17, 15) is 19.8 Å². The molecule has 42 heavy (non-hydrogen) atoms. The lowest BCUT2D eigenvalue weighted by Gasteiger charge is -2.27. The van der Waals surface area contributed by atoms with Gasteiger partial charge in [0.25, 0.3) is 5.91 Å². The fraction of sp³-hybridized carbons (Fsp3) is 0.375. The maximum absolute atomic E-state index is 13.6. The zero-order valence-electron chi connectivity index (χ0n) is 23.8. The van der Waals surface area contributed by atoms with Gasteiger partial charge in [0.1, 0.15) is 0 Å². The van der Waals surface area contributed by atoms with Crippen LogP contribution in [0, 0.1) is 5.92 Å². The van der Waals surface area contributed by atoms with Gasteiger partial charge in [0.2, 0.25) is 5.91 Å². The second-order valence-corrected chi connectivity index (χ2v) is 10.9. The number of anilines is 2. The topological polar surface area (TPSA) is 133 Å². The number of nitrogens with one attached hydrogen (secondary N) is 2. The third kappa shape index (κ3) is 5.78. The molecule has 3 heterocycles. The van der Waals surface area contributed by atoms with Crippen LogP contribution in [0.4, 0.5) is 11.4 Å². The van der Waals surface area contributed by atoms with Crippen LogP contribution < -0.4 is 15.5 Å². The highest BCUT2D eigenvalue weighted by atomic mass is 16.3. The van der Waals surface area contributed by atoms with Crippen molar-refractivity contribution in [2.24, 2.45) is 5.92 Å². The van der Waals surface area contributed by atoms with Gasteiger partial charge in [-0.2, -0.15) is 0 Å². The van der Waals surface area contributed by atoms with Gasteiger partial charge in [-0.15, -0.1) is 11.7 Å². The fourth-order valence-corrected chi connectivity index (χ4v) is 5.76. The van der Waals surface area contributed by atoms with Crippen LogP contribution in [0.15, 0.2) is 79.5 Å². The van der Waals surface area contributed by atoms with Crippen molar-refractivity contribution in [2.75, 3.05) is 29.9 Å².